The Bertz CT molecular complexity index is 409. The van der Waals surface area contributed by atoms with Crippen molar-refractivity contribution in [1.29, 1.82) is 0 Å². The summed E-state index contributed by atoms with van der Waals surface area (Å²) in [5.74, 6) is 0.765. The maximum absolute atomic E-state index is 11.3. The van der Waals surface area contributed by atoms with Gasteiger partial charge in [-0.15, -0.1) is 0 Å². The minimum absolute atomic E-state index is 0.0696. The fourth-order valence-electron chi connectivity index (χ4n) is 1.14. The Balaban J connectivity index is 2.26. The van der Waals surface area contributed by atoms with Crippen molar-refractivity contribution in [3.8, 4) is 5.75 Å². The molecule has 17 heavy (non-hydrogen) atoms. The first kappa shape index (κ1) is 13.5. The molecule has 1 amide bonds. The van der Waals surface area contributed by atoms with Crippen molar-refractivity contribution in [2.24, 2.45) is 0 Å². The van der Waals surface area contributed by atoms with Crippen molar-refractivity contribution in [3.05, 3.63) is 24.3 Å². The summed E-state index contributed by atoms with van der Waals surface area (Å²) in [5, 5.41) is 2.61. The van der Waals surface area contributed by atoms with E-state index >= 15 is 0 Å². The average Bonchev–Trinajstić information content (AvgIpc) is 2.26. The minimum atomic E-state index is -0.897. The standard InChI is InChI=1S/C11H16N2O3S/c1-17(15)6-5-13-11(14)8-16-10-4-2-3-9(12)7-10/h2-4,7H,5-6,8,12H2,1H3,(H,13,14). The average molecular weight is 256 g/mol. The molecule has 1 unspecified atom stereocenters. The Labute approximate surface area is 103 Å². The van der Waals surface area contributed by atoms with E-state index in [2.05, 4.69) is 5.32 Å². The molecule has 5 nitrogen and oxygen atoms in total. The molecule has 0 aliphatic rings. The van der Waals surface area contributed by atoms with E-state index in [1.165, 1.54) is 0 Å². The second-order valence-corrected chi connectivity index (χ2v) is 5.04. The lowest BCUT2D eigenvalue weighted by atomic mass is 10.3. The summed E-state index contributed by atoms with van der Waals surface area (Å²) in [4.78, 5) is 11.3. The third-order valence-corrected chi connectivity index (χ3v) is 2.72. The number of benzene rings is 1. The van der Waals surface area contributed by atoms with E-state index in [-0.39, 0.29) is 12.5 Å². The predicted molar refractivity (Wildman–Crippen MR) is 68.3 cm³/mol. The number of nitrogens with two attached hydrogens (primary N) is 1. The molecular weight excluding hydrogens is 240 g/mol. The van der Waals surface area contributed by atoms with Gasteiger partial charge in [0.15, 0.2) is 6.61 Å². The van der Waals surface area contributed by atoms with Crippen molar-refractivity contribution < 1.29 is 13.7 Å². The van der Waals surface area contributed by atoms with Crippen molar-refractivity contribution in [3.63, 3.8) is 0 Å². The number of carbonyl (C=O) groups is 1. The van der Waals surface area contributed by atoms with Crippen LogP contribution in [0.25, 0.3) is 0 Å². The van der Waals surface area contributed by atoms with Crippen LogP contribution in [0.5, 0.6) is 5.75 Å². The van der Waals surface area contributed by atoms with Crippen LogP contribution in [-0.4, -0.2) is 35.3 Å². The smallest absolute Gasteiger partial charge is 0.257 e. The van der Waals surface area contributed by atoms with Gasteiger partial charge in [-0.05, 0) is 12.1 Å². The summed E-state index contributed by atoms with van der Waals surface area (Å²) in [6.07, 6.45) is 1.59. The molecule has 1 rings (SSSR count). The summed E-state index contributed by atoms with van der Waals surface area (Å²) in [5.41, 5.74) is 6.15. The number of carbonyl (C=O) groups excluding carboxylic acids is 1. The molecule has 0 fully saturated rings. The van der Waals surface area contributed by atoms with Crippen molar-refractivity contribution in [1.82, 2.24) is 5.32 Å². The van der Waals surface area contributed by atoms with Gasteiger partial charge in [0.1, 0.15) is 5.75 Å². The van der Waals surface area contributed by atoms with Crippen molar-refractivity contribution >= 4 is 22.4 Å². The van der Waals surface area contributed by atoms with Crippen molar-refractivity contribution in [2.75, 3.05) is 30.9 Å². The summed E-state index contributed by atoms with van der Waals surface area (Å²) in [6.45, 7) is 0.321. The molecule has 1 atom stereocenters. The maximum Gasteiger partial charge on any atom is 0.257 e. The molecule has 0 radical (unpaired) electrons. The molecule has 3 N–H and O–H groups in total. The fraction of sp³-hybridized carbons (Fsp3) is 0.364. The van der Waals surface area contributed by atoms with E-state index in [1.807, 2.05) is 0 Å². The van der Waals surface area contributed by atoms with Crippen LogP contribution >= 0.6 is 0 Å². The van der Waals surface area contributed by atoms with Crippen LogP contribution in [0.2, 0.25) is 0 Å². The third-order valence-electron chi connectivity index (χ3n) is 1.94. The summed E-state index contributed by atoms with van der Waals surface area (Å²) in [6, 6.07) is 6.87. The zero-order valence-electron chi connectivity index (χ0n) is 9.64. The van der Waals surface area contributed by atoms with Crippen LogP contribution in [0.15, 0.2) is 24.3 Å². The van der Waals surface area contributed by atoms with Gasteiger partial charge in [0.05, 0.1) is 0 Å². The SMILES string of the molecule is CS(=O)CCNC(=O)COc1cccc(N)c1. The third kappa shape index (κ3) is 5.91. The Morgan fingerprint density at radius 3 is 2.94 bits per heavy atom. The molecule has 0 aliphatic heterocycles. The topological polar surface area (TPSA) is 81.4 Å². The second kappa shape index (κ2) is 6.90. The highest BCUT2D eigenvalue weighted by Crippen LogP contribution is 2.13. The molecule has 0 bridgehead atoms. The van der Waals surface area contributed by atoms with Crippen LogP contribution in [0.4, 0.5) is 5.69 Å². The number of rotatable bonds is 6. The molecule has 0 spiro atoms. The summed E-state index contributed by atoms with van der Waals surface area (Å²) in [7, 11) is -0.897. The van der Waals surface area contributed by atoms with Gasteiger partial charge in [0.2, 0.25) is 0 Å². The largest absolute Gasteiger partial charge is 0.484 e. The van der Waals surface area contributed by atoms with Crippen LogP contribution < -0.4 is 15.8 Å². The van der Waals surface area contributed by atoms with E-state index in [0.29, 0.717) is 23.7 Å². The molecular formula is C11H16N2O3S. The zero-order chi connectivity index (χ0) is 12.7. The number of nitrogens with one attached hydrogen (secondary N) is 1. The van der Waals surface area contributed by atoms with Crippen LogP contribution in [0, 0.1) is 0 Å². The number of hydrogen-bond donors (Lipinski definition) is 2. The molecule has 94 valence electrons. The molecule has 0 aliphatic carbocycles. The first-order valence-corrected chi connectivity index (χ1v) is 6.85. The lowest BCUT2D eigenvalue weighted by Gasteiger charge is -2.07. The van der Waals surface area contributed by atoms with Gasteiger partial charge in [0, 0.05) is 41.1 Å². The van der Waals surface area contributed by atoms with Crippen LogP contribution in [0.3, 0.4) is 0 Å². The van der Waals surface area contributed by atoms with E-state index < -0.39 is 10.8 Å². The highest BCUT2D eigenvalue weighted by atomic mass is 32.2. The lowest BCUT2D eigenvalue weighted by Crippen LogP contribution is -2.31. The van der Waals surface area contributed by atoms with E-state index in [4.69, 9.17) is 10.5 Å². The van der Waals surface area contributed by atoms with Gasteiger partial charge in [-0.1, -0.05) is 6.07 Å². The van der Waals surface area contributed by atoms with E-state index in [9.17, 15) is 9.00 Å². The molecule has 0 saturated carbocycles. The van der Waals surface area contributed by atoms with Gasteiger partial charge in [-0.2, -0.15) is 0 Å². The first-order chi connectivity index (χ1) is 8.08. The zero-order valence-corrected chi connectivity index (χ0v) is 10.5. The molecule has 0 saturated heterocycles. The maximum atomic E-state index is 11.3. The molecule has 1 aromatic rings. The Hall–Kier alpha value is -1.56. The summed E-state index contributed by atoms with van der Waals surface area (Å²) >= 11 is 0. The molecule has 0 heterocycles. The van der Waals surface area contributed by atoms with Crippen LogP contribution in [0.1, 0.15) is 0 Å². The normalized spacial score (nSPS) is 11.8. The fourth-order valence-corrected chi connectivity index (χ4v) is 1.53. The number of ether oxygens (including phenoxy) is 1. The Morgan fingerprint density at radius 1 is 1.53 bits per heavy atom. The molecule has 6 heteroatoms. The molecule has 0 aromatic heterocycles. The van der Waals surface area contributed by atoms with E-state index in [1.54, 1.807) is 30.5 Å². The monoisotopic (exact) mass is 256 g/mol. The van der Waals surface area contributed by atoms with Gasteiger partial charge in [-0.3, -0.25) is 9.00 Å². The lowest BCUT2D eigenvalue weighted by molar-refractivity contribution is -0.122. The van der Waals surface area contributed by atoms with Gasteiger partial charge < -0.3 is 15.8 Å². The highest BCUT2D eigenvalue weighted by Gasteiger charge is 2.02. The number of nitrogen functional groups attached to an aromatic ring is 1. The minimum Gasteiger partial charge on any atom is -0.484 e. The van der Waals surface area contributed by atoms with Gasteiger partial charge in [-0.25, -0.2) is 0 Å². The van der Waals surface area contributed by atoms with Crippen molar-refractivity contribution in [2.45, 2.75) is 0 Å². The number of hydrogen-bond acceptors (Lipinski definition) is 4. The van der Waals surface area contributed by atoms with Gasteiger partial charge in [0.25, 0.3) is 5.91 Å². The second-order valence-electron chi connectivity index (χ2n) is 3.49. The predicted octanol–water partition coefficient (Wildman–Crippen LogP) is 0.142. The number of anilines is 1. The van der Waals surface area contributed by atoms with Crippen LogP contribution in [-0.2, 0) is 15.6 Å². The molecule has 1 aromatic carbocycles. The Kier molecular flexibility index (Phi) is 5.48. The first-order valence-electron chi connectivity index (χ1n) is 5.13. The quantitative estimate of drug-likeness (QED) is 0.709. The van der Waals surface area contributed by atoms with E-state index in [0.717, 1.165) is 0 Å². The summed E-state index contributed by atoms with van der Waals surface area (Å²) < 4.78 is 16.0. The van der Waals surface area contributed by atoms with Gasteiger partial charge >= 0.3 is 0 Å². The number of amides is 1. The Morgan fingerprint density at radius 2 is 2.29 bits per heavy atom. The highest BCUT2D eigenvalue weighted by molar-refractivity contribution is 7.84.